The fraction of sp³-hybridized carbons (Fsp3) is 0.900. The molecule has 134 valence electrons. The maximum atomic E-state index is 13.7. The molecule has 0 aromatic heterocycles. The van der Waals surface area contributed by atoms with E-state index in [1.165, 1.54) is 0 Å². The van der Waals surface area contributed by atoms with Gasteiger partial charge in [-0.05, 0) is 49.9 Å². The van der Waals surface area contributed by atoms with Crippen LogP contribution in [-0.2, 0) is 14.3 Å². The van der Waals surface area contributed by atoms with E-state index in [1.807, 2.05) is 6.92 Å². The first kappa shape index (κ1) is 16.4. The van der Waals surface area contributed by atoms with Crippen LogP contribution >= 0.6 is 0 Å². The van der Waals surface area contributed by atoms with Crippen molar-refractivity contribution < 1.29 is 14.3 Å². The van der Waals surface area contributed by atoms with Crippen LogP contribution in [-0.4, -0.2) is 35.0 Å². The molecular weight excluding hydrogens is 302 g/mol. The monoisotopic (exact) mass is 333 g/mol. The first-order chi connectivity index (χ1) is 10.9. The fourth-order valence-corrected chi connectivity index (χ4v) is 6.65. The van der Waals surface area contributed by atoms with E-state index in [0.717, 1.165) is 32.2 Å². The van der Waals surface area contributed by atoms with Gasteiger partial charge in [0.15, 0.2) is 5.60 Å². The van der Waals surface area contributed by atoms with Crippen molar-refractivity contribution >= 4 is 11.9 Å². The SMILES string of the molecule is CC1(C)C[C@@H]2C[C@@](C)(CN2C(=O)C23CCC(C)(C(=O)O2)C3(C)C)C1. The second-order valence-electron chi connectivity index (χ2n) is 10.8. The normalized spacial score (nSPS) is 47.8. The summed E-state index contributed by atoms with van der Waals surface area (Å²) in [7, 11) is 0. The van der Waals surface area contributed by atoms with E-state index in [-0.39, 0.29) is 22.7 Å². The minimum absolute atomic E-state index is 0.0773. The maximum Gasteiger partial charge on any atom is 0.313 e. The predicted molar refractivity (Wildman–Crippen MR) is 91.2 cm³/mol. The summed E-state index contributed by atoms with van der Waals surface area (Å²) in [6, 6.07) is 0.294. The van der Waals surface area contributed by atoms with Gasteiger partial charge in [0.1, 0.15) is 0 Å². The zero-order valence-electron chi connectivity index (χ0n) is 16.0. The number of esters is 1. The number of carbonyl (C=O) groups is 2. The lowest BCUT2D eigenvalue weighted by molar-refractivity contribution is -0.174. The highest BCUT2D eigenvalue weighted by Crippen LogP contribution is 2.66. The number of nitrogens with zero attached hydrogens (tertiary/aromatic N) is 1. The minimum Gasteiger partial charge on any atom is -0.448 e. The number of hydrogen-bond acceptors (Lipinski definition) is 3. The summed E-state index contributed by atoms with van der Waals surface area (Å²) in [5.41, 5.74) is -1.44. The first-order valence-electron chi connectivity index (χ1n) is 9.41. The van der Waals surface area contributed by atoms with Gasteiger partial charge in [-0.15, -0.1) is 0 Å². The molecule has 4 fully saturated rings. The van der Waals surface area contributed by atoms with Crippen LogP contribution in [0.3, 0.4) is 0 Å². The van der Waals surface area contributed by atoms with E-state index in [0.29, 0.717) is 12.5 Å². The summed E-state index contributed by atoms with van der Waals surface area (Å²) >= 11 is 0. The van der Waals surface area contributed by atoms with Gasteiger partial charge in [0.25, 0.3) is 5.91 Å². The average Bonchev–Trinajstić information content (AvgIpc) is 2.86. The molecule has 4 nitrogen and oxygen atoms in total. The molecule has 0 N–H and O–H groups in total. The lowest BCUT2D eigenvalue weighted by atomic mass is 9.65. The van der Waals surface area contributed by atoms with Crippen LogP contribution in [0.1, 0.15) is 73.6 Å². The molecule has 0 radical (unpaired) electrons. The Morgan fingerprint density at radius 1 is 1.08 bits per heavy atom. The lowest BCUT2D eigenvalue weighted by Crippen LogP contribution is -2.56. The van der Waals surface area contributed by atoms with Gasteiger partial charge in [-0.3, -0.25) is 9.59 Å². The molecule has 2 aliphatic heterocycles. The topological polar surface area (TPSA) is 46.6 Å². The summed E-state index contributed by atoms with van der Waals surface area (Å²) in [5.74, 6) is -0.102. The van der Waals surface area contributed by atoms with Gasteiger partial charge in [0, 0.05) is 18.0 Å². The molecule has 1 amide bonds. The van der Waals surface area contributed by atoms with Crippen molar-refractivity contribution in [2.45, 2.75) is 85.3 Å². The molecular formula is C20H31NO3. The molecule has 4 bridgehead atoms. The Hall–Kier alpha value is -1.06. The Morgan fingerprint density at radius 2 is 1.75 bits per heavy atom. The third kappa shape index (κ3) is 1.70. The Balaban J connectivity index is 1.70. The van der Waals surface area contributed by atoms with Crippen LogP contribution in [0.4, 0.5) is 0 Å². The highest BCUT2D eigenvalue weighted by Gasteiger charge is 2.76. The van der Waals surface area contributed by atoms with Crippen molar-refractivity contribution in [3.05, 3.63) is 0 Å². The van der Waals surface area contributed by atoms with Crippen molar-refractivity contribution in [3.63, 3.8) is 0 Å². The zero-order valence-corrected chi connectivity index (χ0v) is 16.0. The molecule has 2 saturated carbocycles. The highest BCUT2D eigenvalue weighted by atomic mass is 16.6. The molecule has 4 aliphatic rings. The van der Waals surface area contributed by atoms with Gasteiger partial charge < -0.3 is 9.64 Å². The first-order valence-corrected chi connectivity index (χ1v) is 9.41. The molecule has 2 aliphatic carbocycles. The smallest absolute Gasteiger partial charge is 0.313 e. The van der Waals surface area contributed by atoms with Crippen LogP contribution in [0, 0.1) is 21.7 Å². The molecule has 24 heavy (non-hydrogen) atoms. The molecule has 2 saturated heterocycles. The Labute approximate surface area is 145 Å². The summed E-state index contributed by atoms with van der Waals surface area (Å²) in [4.78, 5) is 28.3. The zero-order chi connectivity index (χ0) is 17.8. The van der Waals surface area contributed by atoms with Gasteiger partial charge in [-0.2, -0.15) is 0 Å². The van der Waals surface area contributed by atoms with Crippen molar-refractivity contribution in [1.82, 2.24) is 4.90 Å². The summed E-state index contributed by atoms with van der Waals surface area (Å²) in [6.07, 6.45) is 4.73. The standard InChI is InChI=1S/C20H31NO3/c1-16(2)9-13-10-18(5,11-16)12-21(13)14(22)20-8-7-19(6,15(23)24-20)17(20,3)4/h13H,7-12H2,1-6H3/t13-,18-,19?,20?/m1/s1. The van der Waals surface area contributed by atoms with Gasteiger partial charge in [-0.25, -0.2) is 0 Å². The lowest BCUT2D eigenvalue weighted by Gasteiger charge is -2.41. The molecule has 2 heterocycles. The van der Waals surface area contributed by atoms with Crippen LogP contribution in [0.15, 0.2) is 0 Å². The van der Waals surface area contributed by atoms with E-state index in [2.05, 4.69) is 39.5 Å². The van der Waals surface area contributed by atoms with Crippen molar-refractivity contribution in [1.29, 1.82) is 0 Å². The van der Waals surface area contributed by atoms with Crippen molar-refractivity contribution in [3.8, 4) is 0 Å². The molecule has 0 aromatic carbocycles. The van der Waals surface area contributed by atoms with E-state index in [1.54, 1.807) is 0 Å². The summed E-state index contributed by atoms with van der Waals surface area (Å²) < 4.78 is 5.84. The Morgan fingerprint density at radius 3 is 2.29 bits per heavy atom. The average molecular weight is 333 g/mol. The van der Waals surface area contributed by atoms with Gasteiger partial charge >= 0.3 is 5.97 Å². The largest absolute Gasteiger partial charge is 0.448 e. The van der Waals surface area contributed by atoms with Gasteiger partial charge in [0.05, 0.1) is 5.41 Å². The number of likely N-dealkylation sites (tertiary alicyclic amines) is 1. The Bertz CT molecular complexity index is 639. The van der Waals surface area contributed by atoms with Crippen LogP contribution in [0.5, 0.6) is 0 Å². The van der Waals surface area contributed by atoms with Crippen LogP contribution < -0.4 is 0 Å². The van der Waals surface area contributed by atoms with E-state index in [9.17, 15) is 9.59 Å². The van der Waals surface area contributed by atoms with Crippen molar-refractivity contribution in [2.24, 2.45) is 21.7 Å². The maximum absolute atomic E-state index is 13.7. The van der Waals surface area contributed by atoms with Gasteiger partial charge in [0.2, 0.25) is 0 Å². The van der Waals surface area contributed by atoms with Crippen molar-refractivity contribution in [2.75, 3.05) is 6.54 Å². The number of hydrogen-bond donors (Lipinski definition) is 0. The molecule has 4 rings (SSSR count). The van der Waals surface area contributed by atoms with E-state index < -0.39 is 16.4 Å². The number of fused-ring (bicyclic) bond motifs is 4. The summed E-state index contributed by atoms with van der Waals surface area (Å²) in [5, 5.41) is 0. The fourth-order valence-electron chi connectivity index (χ4n) is 6.65. The molecule has 2 unspecified atom stereocenters. The second-order valence-corrected chi connectivity index (χ2v) is 10.8. The van der Waals surface area contributed by atoms with Crippen LogP contribution in [0.2, 0.25) is 0 Å². The van der Waals surface area contributed by atoms with Gasteiger partial charge in [-0.1, -0.05) is 34.6 Å². The summed E-state index contributed by atoms with van der Waals surface area (Å²) in [6.45, 7) is 13.8. The number of ether oxygens (including phenoxy) is 1. The molecule has 0 aromatic rings. The minimum atomic E-state index is -0.948. The Kier molecular flexibility index (Phi) is 2.86. The van der Waals surface area contributed by atoms with E-state index >= 15 is 0 Å². The third-order valence-electron chi connectivity index (χ3n) is 8.10. The highest BCUT2D eigenvalue weighted by molar-refractivity contribution is 5.96. The number of carbonyl (C=O) groups excluding carboxylic acids is 2. The number of rotatable bonds is 1. The van der Waals surface area contributed by atoms with E-state index in [4.69, 9.17) is 4.74 Å². The van der Waals surface area contributed by atoms with Crippen LogP contribution in [0.25, 0.3) is 0 Å². The molecule has 0 spiro atoms. The quantitative estimate of drug-likeness (QED) is 0.690. The molecule has 4 atom stereocenters. The third-order valence-corrected chi connectivity index (χ3v) is 8.10. The predicted octanol–water partition coefficient (Wildman–Crippen LogP) is 3.54. The second kappa shape index (κ2) is 4.19. The number of amides is 1. The molecule has 4 heteroatoms.